The molecule has 0 saturated heterocycles. The van der Waals surface area contributed by atoms with Crippen LogP contribution < -0.4 is 24.8 Å². The van der Waals surface area contributed by atoms with E-state index in [9.17, 15) is 0 Å². The second kappa shape index (κ2) is 8.76. The third kappa shape index (κ3) is 3.85. The summed E-state index contributed by atoms with van der Waals surface area (Å²) in [5, 5.41) is 6.11. The van der Waals surface area contributed by atoms with Crippen LogP contribution >= 0.6 is 0 Å². The molecule has 0 amide bonds. The molecule has 1 aromatic heterocycles. The minimum atomic E-state index is -0.820. The fourth-order valence-electron chi connectivity index (χ4n) is 4.16. The van der Waals surface area contributed by atoms with Crippen molar-refractivity contribution in [3.05, 3.63) is 85.9 Å². The monoisotopic (exact) mass is 498 g/mol. The van der Waals surface area contributed by atoms with Crippen LogP contribution in [0.3, 0.4) is 0 Å². The molecule has 0 radical (unpaired) electrons. The van der Waals surface area contributed by atoms with Gasteiger partial charge in [-0.05, 0) is 0 Å². The molecule has 1 unspecified atom stereocenters. The number of aromatic nitrogens is 2. The molecule has 0 bridgehead atoms. The number of rotatable bonds is 3. The number of nitrogens with zero attached hydrogens (tertiary/aromatic N) is 2. The Morgan fingerprint density at radius 1 is 0.931 bits per heavy atom. The first-order valence-electron chi connectivity index (χ1n) is 9.50. The second-order valence-electron chi connectivity index (χ2n) is 7.59. The van der Waals surface area contributed by atoms with Gasteiger partial charge < -0.3 is 24.8 Å². The van der Waals surface area contributed by atoms with E-state index in [0.717, 1.165) is 5.52 Å². The number of hydrogen-bond donors (Lipinski definition) is 0. The van der Waals surface area contributed by atoms with Gasteiger partial charge in [0.2, 0.25) is 0 Å². The fraction of sp³-hybridized carbons (Fsp3) is 0.208. The Kier molecular flexibility index (Phi) is 6.73. The summed E-state index contributed by atoms with van der Waals surface area (Å²) in [6.45, 7) is 6.91. The summed E-state index contributed by atoms with van der Waals surface area (Å²) in [5.41, 5.74) is 9.95. The maximum Gasteiger partial charge on any atom is -1.00 e. The topological polar surface area (TPSA) is 17.8 Å². The van der Waals surface area contributed by atoms with Crippen LogP contribution in [-0.2, 0) is 23.2 Å². The molecule has 0 spiro atoms. The molecular formula is C24H22Cl2N2Zr. The fourth-order valence-corrected chi connectivity index (χ4v) is 8.84. The molecule has 146 valence electrons. The van der Waals surface area contributed by atoms with Gasteiger partial charge in [0.25, 0.3) is 0 Å². The number of halogens is 2. The molecule has 2 aliphatic rings. The third-order valence-corrected chi connectivity index (χ3v) is 10.4. The Morgan fingerprint density at radius 3 is 2.38 bits per heavy atom. The van der Waals surface area contributed by atoms with Crippen LogP contribution in [0.2, 0.25) is 0 Å². The average molecular weight is 501 g/mol. The van der Waals surface area contributed by atoms with Gasteiger partial charge in [-0.3, -0.25) is 0 Å². The van der Waals surface area contributed by atoms with Crippen LogP contribution in [0, 0.1) is 0 Å². The molecule has 0 aliphatic heterocycles. The van der Waals surface area contributed by atoms with Gasteiger partial charge in [0.15, 0.2) is 0 Å². The summed E-state index contributed by atoms with van der Waals surface area (Å²) in [6, 6.07) is 17.3. The summed E-state index contributed by atoms with van der Waals surface area (Å²) in [6.07, 6.45) is 5.76. The molecule has 2 nitrogen and oxygen atoms in total. The molecule has 0 saturated carbocycles. The van der Waals surface area contributed by atoms with Crippen LogP contribution in [0.25, 0.3) is 22.7 Å². The molecule has 5 heteroatoms. The first-order valence-corrected chi connectivity index (χ1v) is 12.1. The van der Waals surface area contributed by atoms with E-state index in [0.29, 0.717) is 3.63 Å². The zero-order valence-electron chi connectivity index (χ0n) is 16.7. The summed E-state index contributed by atoms with van der Waals surface area (Å²) in [7, 11) is 0. The van der Waals surface area contributed by atoms with E-state index in [1.54, 1.807) is 14.4 Å². The second-order valence-corrected chi connectivity index (χ2v) is 11.2. The maximum atomic E-state index is 4.90. The molecule has 1 heterocycles. The van der Waals surface area contributed by atoms with Gasteiger partial charge in [-0.2, -0.15) is 0 Å². The molecule has 3 aromatic rings. The van der Waals surface area contributed by atoms with E-state index in [-0.39, 0.29) is 24.8 Å². The van der Waals surface area contributed by atoms with E-state index in [1.807, 2.05) is 0 Å². The Labute approximate surface area is 196 Å². The van der Waals surface area contributed by atoms with E-state index in [4.69, 9.17) is 5.10 Å². The van der Waals surface area contributed by atoms with Crippen molar-refractivity contribution in [2.75, 3.05) is 0 Å². The van der Waals surface area contributed by atoms with Gasteiger partial charge in [0.1, 0.15) is 0 Å². The minimum absolute atomic E-state index is 0. The van der Waals surface area contributed by atoms with E-state index in [1.165, 1.54) is 34.2 Å². The summed E-state index contributed by atoms with van der Waals surface area (Å²) >= 11 is -0.820. The molecule has 0 N–H and O–H groups in total. The van der Waals surface area contributed by atoms with Crippen molar-refractivity contribution in [3.8, 4) is 0 Å². The van der Waals surface area contributed by atoms with Crippen LogP contribution in [0.1, 0.15) is 41.9 Å². The molecule has 5 rings (SSSR count). The van der Waals surface area contributed by atoms with Crippen molar-refractivity contribution < 1.29 is 48.0 Å². The van der Waals surface area contributed by atoms with E-state index in [2.05, 4.69) is 86.3 Å². The van der Waals surface area contributed by atoms with Crippen molar-refractivity contribution in [2.45, 2.75) is 30.8 Å². The van der Waals surface area contributed by atoms with Crippen LogP contribution in [0.5, 0.6) is 0 Å². The normalized spacial score (nSPS) is 17.6. The summed E-state index contributed by atoms with van der Waals surface area (Å²) in [4.78, 5) is 0. The Balaban J connectivity index is 0.00000120. The SMILES string of the molecule is CC1=C(C)C(C)=[C]([Zr+2][CH]2C(n3cc4ccccc4n3)=Cc3ccccc32)C1.[Cl-].[Cl-]. The van der Waals surface area contributed by atoms with Crippen LogP contribution in [0.4, 0.5) is 0 Å². The number of benzene rings is 2. The Bertz CT molecular complexity index is 1140. The predicted molar refractivity (Wildman–Crippen MR) is 109 cm³/mol. The molecular weight excluding hydrogens is 478 g/mol. The van der Waals surface area contributed by atoms with Gasteiger partial charge in [-0.25, -0.2) is 0 Å². The van der Waals surface area contributed by atoms with Crippen molar-refractivity contribution >= 4 is 22.7 Å². The average Bonchev–Trinajstić information content (AvgIpc) is 3.33. The van der Waals surface area contributed by atoms with Gasteiger partial charge in [0, 0.05) is 0 Å². The van der Waals surface area contributed by atoms with Crippen molar-refractivity contribution in [3.63, 3.8) is 0 Å². The number of hydrogen-bond acceptors (Lipinski definition) is 1. The largest absolute Gasteiger partial charge is 1.00 e. The molecule has 1 atom stereocenters. The van der Waals surface area contributed by atoms with Crippen LogP contribution in [0.15, 0.2) is 74.7 Å². The van der Waals surface area contributed by atoms with Gasteiger partial charge in [-0.15, -0.1) is 0 Å². The first-order chi connectivity index (χ1) is 13.1. The van der Waals surface area contributed by atoms with Crippen LogP contribution in [-0.4, -0.2) is 9.78 Å². The third-order valence-electron chi connectivity index (χ3n) is 6.00. The number of fused-ring (bicyclic) bond motifs is 2. The van der Waals surface area contributed by atoms with E-state index < -0.39 is 23.2 Å². The van der Waals surface area contributed by atoms with Crippen molar-refractivity contribution in [1.29, 1.82) is 0 Å². The maximum absolute atomic E-state index is 4.90. The molecule has 0 fully saturated rings. The minimum Gasteiger partial charge on any atom is -1.00 e. The molecule has 2 aromatic carbocycles. The summed E-state index contributed by atoms with van der Waals surface area (Å²) < 4.78 is 4.43. The zero-order chi connectivity index (χ0) is 18.5. The summed E-state index contributed by atoms with van der Waals surface area (Å²) in [5.74, 6) is 0. The smallest absolute Gasteiger partial charge is 1.00 e. The Hall–Kier alpha value is -1.41. The standard InChI is InChI=1S/C16H11N2.C8H11.2ClH.Zr/c1-2-6-13-10-15(9-12(13)5-1)18-11-14-7-3-4-8-16(14)17-18;1-6-4-5-7(2)8(6)3;;;/h1-11H;4H2,1-3H3;2*1H;/q;;;;+2/p-2. The predicted octanol–water partition coefficient (Wildman–Crippen LogP) is 0.194. The Morgan fingerprint density at radius 2 is 1.66 bits per heavy atom. The quantitative estimate of drug-likeness (QED) is 0.503. The van der Waals surface area contributed by atoms with Crippen molar-refractivity contribution in [1.82, 2.24) is 9.78 Å². The van der Waals surface area contributed by atoms with Gasteiger partial charge in [-0.1, -0.05) is 0 Å². The number of allylic oxidation sites excluding steroid dienone is 5. The van der Waals surface area contributed by atoms with E-state index >= 15 is 0 Å². The zero-order valence-corrected chi connectivity index (χ0v) is 20.7. The molecule has 29 heavy (non-hydrogen) atoms. The van der Waals surface area contributed by atoms with Gasteiger partial charge in [0.05, 0.1) is 0 Å². The molecule has 2 aliphatic carbocycles. The first kappa shape index (κ1) is 22.3. The van der Waals surface area contributed by atoms with Gasteiger partial charge >= 0.3 is 172 Å². The van der Waals surface area contributed by atoms with Crippen molar-refractivity contribution in [2.24, 2.45) is 0 Å².